The number of carbonyl (C=O) groups is 4. The maximum atomic E-state index is 15.3. The number of hydrogen-bond donors (Lipinski definition) is 1. The van der Waals surface area contributed by atoms with E-state index in [1.54, 1.807) is 66.7 Å². The summed E-state index contributed by atoms with van der Waals surface area (Å²) in [6.07, 6.45) is -3.21. The van der Waals surface area contributed by atoms with E-state index in [-0.39, 0.29) is 41.6 Å². The van der Waals surface area contributed by atoms with Gasteiger partial charge in [0.25, 0.3) is 0 Å². The van der Waals surface area contributed by atoms with Crippen molar-refractivity contribution >= 4 is 40.9 Å². The first-order chi connectivity index (χ1) is 24.9. The van der Waals surface area contributed by atoms with Gasteiger partial charge in [0, 0.05) is 16.5 Å². The van der Waals surface area contributed by atoms with E-state index >= 15 is 4.79 Å². The van der Waals surface area contributed by atoms with Crippen LogP contribution in [0.2, 0.25) is 5.02 Å². The van der Waals surface area contributed by atoms with Gasteiger partial charge in [0.15, 0.2) is 0 Å². The van der Waals surface area contributed by atoms with Crippen molar-refractivity contribution < 1.29 is 42.2 Å². The van der Waals surface area contributed by atoms with Crippen LogP contribution in [0.5, 0.6) is 11.5 Å². The Balaban J connectivity index is 1.35. The molecule has 2 saturated heterocycles. The molecular weight excluding hydrogens is 697 g/mol. The molecule has 52 heavy (non-hydrogen) atoms. The van der Waals surface area contributed by atoms with Crippen LogP contribution >= 0.6 is 11.6 Å². The Morgan fingerprint density at radius 2 is 1.54 bits per heavy atom. The van der Waals surface area contributed by atoms with Gasteiger partial charge >= 0.3 is 6.36 Å². The lowest BCUT2D eigenvalue weighted by Crippen LogP contribution is -2.53. The number of fused-ring (bicyclic) bond motifs is 4. The first kappa shape index (κ1) is 33.7. The van der Waals surface area contributed by atoms with Gasteiger partial charge in [-0.05, 0) is 66.3 Å². The molecule has 8 rings (SSSR count). The summed E-state index contributed by atoms with van der Waals surface area (Å²) in [7, 11) is 0. The minimum absolute atomic E-state index is 0.0161. The molecule has 2 heterocycles. The van der Waals surface area contributed by atoms with E-state index in [2.05, 4.69) is 4.74 Å². The molecule has 0 aromatic heterocycles. The Labute approximate surface area is 301 Å². The number of hydrogen-bond acceptors (Lipinski definition) is 6. The Bertz CT molecular complexity index is 2160. The summed E-state index contributed by atoms with van der Waals surface area (Å²) in [5.41, 5.74) is -0.0503. The zero-order chi connectivity index (χ0) is 36.5. The number of phenolic OH excluding ortho intramolecular Hbond substituents is 1. The van der Waals surface area contributed by atoms with Gasteiger partial charge < -0.3 is 9.84 Å². The van der Waals surface area contributed by atoms with Crippen LogP contribution in [0.15, 0.2) is 115 Å². The van der Waals surface area contributed by atoms with Gasteiger partial charge in [-0.15, -0.1) is 13.2 Å². The molecule has 4 aromatic carbocycles. The highest BCUT2D eigenvalue weighted by molar-refractivity contribution is 6.32. The van der Waals surface area contributed by atoms with E-state index < -0.39 is 70.6 Å². The van der Waals surface area contributed by atoms with Gasteiger partial charge in [0.05, 0.1) is 35.4 Å². The predicted octanol–water partition coefficient (Wildman–Crippen LogP) is 7.31. The summed E-state index contributed by atoms with van der Waals surface area (Å²) in [4.78, 5) is 60.6. The first-order valence-corrected chi connectivity index (χ1v) is 17.1. The van der Waals surface area contributed by atoms with Crippen molar-refractivity contribution in [3.05, 3.63) is 136 Å². The number of nitrogens with zero attached hydrogens (tertiary/aromatic N) is 2. The number of ether oxygens (including phenoxy) is 1. The quantitative estimate of drug-likeness (QED) is 0.165. The lowest BCUT2D eigenvalue weighted by atomic mass is 9.49. The maximum Gasteiger partial charge on any atom is 0.573 e. The number of imide groups is 2. The van der Waals surface area contributed by atoms with Crippen molar-refractivity contribution in [3.63, 3.8) is 0 Å². The van der Waals surface area contributed by atoms with Crippen molar-refractivity contribution in [2.24, 2.45) is 23.7 Å². The van der Waals surface area contributed by atoms with Gasteiger partial charge in [-0.25, -0.2) is 4.90 Å². The normalized spacial score (nSPS) is 26.9. The van der Waals surface area contributed by atoms with Crippen LogP contribution in [0.3, 0.4) is 0 Å². The molecule has 0 bridgehead atoms. The second-order valence-electron chi connectivity index (χ2n) is 13.6. The standard InChI is InChI=1S/C40H30ClF3N2O6/c41-24-12-7-13-25(18-24)46-36(49)31-20-29-27(15-16-28-33(29)37(50)45(35(28)48)21-22-8-3-1-4-9-22)34(39(31,38(46)51)23-10-5-2-6-11-23)30-19-26(14-17-32(30)47)52-40(42,43)44/h1-15,17-19,28-29,31,33-34,47H,16,20-21H2/t28-,29+,31-,33-,34+,39+/m0/s1. The number of likely N-dealkylation sites (tertiary alicyclic amines) is 1. The minimum atomic E-state index is -5.07. The van der Waals surface area contributed by atoms with Crippen LogP contribution in [0.1, 0.15) is 35.4 Å². The Morgan fingerprint density at radius 1 is 0.827 bits per heavy atom. The molecule has 0 unspecified atom stereocenters. The van der Waals surface area contributed by atoms with E-state index in [0.29, 0.717) is 11.1 Å². The molecule has 2 aliphatic carbocycles. The number of phenols is 1. The maximum absolute atomic E-state index is 15.3. The highest BCUT2D eigenvalue weighted by Gasteiger charge is 2.70. The Morgan fingerprint density at radius 3 is 2.23 bits per heavy atom. The number of amides is 4. The second-order valence-corrected chi connectivity index (χ2v) is 14.0. The molecule has 8 nitrogen and oxygen atoms in total. The van der Waals surface area contributed by atoms with E-state index in [4.69, 9.17) is 11.6 Å². The summed E-state index contributed by atoms with van der Waals surface area (Å²) in [6.45, 7) is 0.0476. The molecule has 4 aliphatic rings. The number of aromatic hydroxyl groups is 1. The van der Waals surface area contributed by atoms with E-state index in [1.807, 2.05) is 18.2 Å². The lowest BCUT2D eigenvalue weighted by Gasteiger charge is -2.50. The highest BCUT2D eigenvalue weighted by Crippen LogP contribution is 2.65. The number of halogens is 4. The monoisotopic (exact) mass is 726 g/mol. The molecule has 12 heteroatoms. The Hall–Kier alpha value is -5.42. The van der Waals surface area contributed by atoms with Crippen LogP contribution in [0.25, 0.3) is 0 Å². The molecule has 264 valence electrons. The molecule has 3 fully saturated rings. The number of alkyl halides is 3. The summed E-state index contributed by atoms with van der Waals surface area (Å²) >= 11 is 6.33. The average Bonchev–Trinajstić information content (AvgIpc) is 3.50. The third kappa shape index (κ3) is 5.20. The summed E-state index contributed by atoms with van der Waals surface area (Å²) in [5.74, 6) is -7.96. The smallest absolute Gasteiger partial charge is 0.508 e. The third-order valence-electron chi connectivity index (χ3n) is 11.0. The Kier molecular flexibility index (Phi) is 8.02. The minimum Gasteiger partial charge on any atom is -0.508 e. The molecule has 4 amide bonds. The number of carbonyl (C=O) groups excluding carboxylic acids is 4. The fourth-order valence-electron chi connectivity index (χ4n) is 9.04. The fourth-order valence-corrected chi connectivity index (χ4v) is 9.22. The highest BCUT2D eigenvalue weighted by atomic mass is 35.5. The van der Waals surface area contributed by atoms with Crippen LogP contribution in [0.4, 0.5) is 18.9 Å². The largest absolute Gasteiger partial charge is 0.573 e. The summed E-state index contributed by atoms with van der Waals surface area (Å²) in [6, 6.07) is 26.8. The number of allylic oxidation sites excluding steroid dienone is 2. The summed E-state index contributed by atoms with van der Waals surface area (Å²) in [5, 5.41) is 11.8. The van der Waals surface area contributed by atoms with Crippen LogP contribution in [-0.2, 0) is 31.1 Å². The van der Waals surface area contributed by atoms with Crippen molar-refractivity contribution in [3.8, 4) is 11.5 Å². The number of benzene rings is 4. The first-order valence-electron chi connectivity index (χ1n) is 16.8. The lowest BCUT2D eigenvalue weighted by molar-refractivity contribution is -0.274. The molecule has 2 aliphatic heterocycles. The SMILES string of the molecule is O=C1[C@H]2[C@H](CC=C3[C@H]2C[C@H]2C(=O)N(c4cccc(Cl)c4)C(=O)[C@@]2(c2ccccc2)[C@H]3c2cc(OC(F)(F)F)ccc2O)C(=O)N1Cc1ccccc1. The molecular formula is C40H30ClF3N2O6. The molecule has 6 atom stereocenters. The molecule has 1 saturated carbocycles. The van der Waals surface area contributed by atoms with E-state index in [1.165, 1.54) is 11.0 Å². The van der Waals surface area contributed by atoms with Crippen LogP contribution in [0, 0.1) is 23.7 Å². The zero-order valence-corrected chi connectivity index (χ0v) is 28.1. The van der Waals surface area contributed by atoms with Crippen molar-refractivity contribution in [2.45, 2.75) is 37.1 Å². The number of anilines is 1. The van der Waals surface area contributed by atoms with Crippen LogP contribution in [-0.4, -0.2) is 40.0 Å². The molecule has 1 N–H and O–H groups in total. The van der Waals surface area contributed by atoms with Crippen molar-refractivity contribution in [2.75, 3.05) is 4.90 Å². The fraction of sp³-hybridized carbons (Fsp3) is 0.250. The van der Waals surface area contributed by atoms with Crippen molar-refractivity contribution in [1.82, 2.24) is 4.90 Å². The predicted molar refractivity (Wildman–Crippen MR) is 183 cm³/mol. The van der Waals surface area contributed by atoms with Gasteiger partial charge in [-0.1, -0.05) is 90.0 Å². The zero-order valence-electron chi connectivity index (χ0n) is 27.3. The van der Waals surface area contributed by atoms with Gasteiger partial charge in [-0.2, -0.15) is 0 Å². The third-order valence-corrected chi connectivity index (χ3v) is 11.2. The average molecular weight is 727 g/mol. The van der Waals surface area contributed by atoms with Gasteiger partial charge in [0.2, 0.25) is 23.6 Å². The second kappa shape index (κ2) is 12.4. The molecule has 4 aromatic rings. The molecule has 0 spiro atoms. The number of rotatable bonds is 6. The van der Waals surface area contributed by atoms with Crippen LogP contribution < -0.4 is 9.64 Å². The summed E-state index contributed by atoms with van der Waals surface area (Å²) < 4.78 is 45.0. The van der Waals surface area contributed by atoms with Crippen molar-refractivity contribution in [1.29, 1.82) is 0 Å². The molecule has 0 radical (unpaired) electrons. The topological polar surface area (TPSA) is 104 Å². The van der Waals surface area contributed by atoms with E-state index in [9.17, 15) is 32.7 Å². The van der Waals surface area contributed by atoms with Gasteiger partial charge in [-0.3, -0.25) is 24.1 Å². The van der Waals surface area contributed by atoms with Gasteiger partial charge in [0.1, 0.15) is 11.5 Å². The van der Waals surface area contributed by atoms with E-state index in [0.717, 1.165) is 28.7 Å².